The van der Waals surface area contributed by atoms with E-state index in [-0.39, 0.29) is 28.3 Å². The predicted molar refractivity (Wildman–Crippen MR) is 122 cm³/mol. The fraction of sp³-hybridized carbons (Fsp3) is 0.240. The maximum atomic E-state index is 14.3. The molecule has 2 heterocycles. The standard InChI is InChI=1S/C25H21F5N4O/c1-13-9-20(35-21-11-17(25(28,29)30)10-15(3)34-21)14(2)8-16(13)6-7-31-24-22-18(26)4-5-19(27)23(22)32-12-33-24/h4-5,8-12H,6-7H2,1-3H3,(H,31,32,33). The van der Waals surface area contributed by atoms with Crippen molar-refractivity contribution in [1.29, 1.82) is 0 Å². The highest BCUT2D eigenvalue weighted by molar-refractivity contribution is 5.89. The molecule has 35 heavy (non-hydrogen) atoms. The molecule has 0 amide bonds. The molecule has 1 N–H and O–H groups in total. The SMILES string of the molecule is Cc1cc(C(F)(F)F)cc(Oc2cc(C)c(CCNc3ncnc4c(F)ccc(F)c34)cc2C)n1. The molecule has 0 spiro atoms. The van der Waals surface area contributed by atoms with Crippen LogP contribution in [0.5, 0.6) is 11.6 Å². The molecule has 182 valence electrons. The largest absolute Gasteiger partial charge is 0.439 e. The van der Waals surface area contributed by atoms with Gasteiger partial charge in [0.25, 0.3) is 0 Å². The van der Waals surface area contributed by atoms with Crippen molar-refractivity contribution in [2.75, 3.05) is 11.9 Å². The molecule has 0 saturated heterocycles. The molecule has 0 radical (unpaired) electrons. The molecule has 2 aromatic carbocycles. The van der Waals surface area contributed by atoms with Gasteiger partial charge in [-0.3, -0.25) is 0 Å². The van der Waals surface area contributed by atoms with Crippen molar-refractivity contribution in [3.63, 3.8) is 0 Å². The second kappa shape index (κ2) is 9.44. The highest BCUT2D eigenvalue weighted by Gasteiger charge is 2.31. The van der Waals surface area contributed by atoms with Crippen LogP contribution in [0.25, 0.3) is 10.9 Å². The van der Waals surface area contributed by atoms with Crippen molar-refractivity contribution in [2.24, 2.45) is 0 Å². The van der Waals surface area contributed by atoms with Crippen LogP contribution in [0.1, 0.15) is 27.9 Å². The van der Waals surface area contributed by atoms with Gasteiger partial charge in [-0.2, -0.15) is 13.2 Å². The molecule has 0 aliphatic rings. The van der Waals surface area contributed by atoms with Crippen LogP contribution in [0, 0.1) is 32.4 Å². The Morgan fingerprint density at radius 3 is 2.40 bits per heavy atom. The summed E-state index contributed by atoms with van der Waals surface area (Å²) in [6, 6.07) is 7.47. The zero-order valence-electron chi connectivity index (χ0n) is 19.1. The lowest BCUT2D eigenvalue weighted by Crippen LogP contribution is -2.09. The highest BCUT2D eigenvalue weighted by Crippen LogP contribution is 2.34. The van der Waals surface area contributed by atoms with Gasteiger partial charge in [0.1, 0.15) is 35.0 Å². The Morgan fingerprint density at radius 2 is 1.66 bits per heavy atom. The Balaban J connectivity index is 1.50. The number of hydrogen-bond donors (Lipinski definition) is 1. The lowest BCUT2D eigenvalue weighted by atomic mass is 10.0. The maximum Gasteiger partial charge on any atom is 0.416 e. The molecule has 0 aliphatic carbocycles. The van der Waals surface area contributed by atoms with Crippen molar-refractivity contribution in [3.8, 4) is 11.6 Å². The second-order valence-electron chi connectivity index (χ2n) is 8.13. The maximum absolute atomic E-state index is 14.3. The summed E-state index contributed by atoms with van der Waals surface area (Å²) < 4.78 is 73.3. The zero-order valence-corrected chi connectivity index (χ0v) is 19.1. The molecule has 0 bridgehead atoms. The monoisotopic (exact) mass is 488 g/mol. The first-order chi connectivity index (χ1) is 16.5. The average Bonchev–Trinajstić information content (AvgIpc) is 2.78. The van der Waals surface area contributed by atoms with Crippen LogP contribution < -0.4 is 10.1 Å². The summed E-state index contributed by atoms with van der Waals surface area (Å²) in [7, 11) is 0. The van der Waals surface area contributed by atoms with Crippen LogP contribution in [-0.4, -0.2) is 21.5 Å². The van der Waals surface area contributed by atoms with Gasteiger partial charge in [0.2, 0.25) is 5.88 Å². The summed E-state index contributed by atoms with van der Waals surface area (Å²) in [6.07, 6.45) is -2.81. The van der Waals surface area contributed by atoms with E-state index in [9.17, 15) is 22.0 Å². The number of fused-ring (bicyclic) bond motifs is 1. The topological polar surface area (TPSA) is 59.9 Å². The van der Waals surface area contributed by atoms with Crippen LogP contribution in [0.2, 0.25) is 0 Å². The number of alkyl halides is 3. The minimum Gasteiger partial charge on any atom is -0.439 e. The molecule has 0 aliphatic heterocycles. The third kappa shape index (κ3) is 5.31. The van der Waals surface area contributed by atoms with E-state index >= 15 is 0 Å². The van der Waals surface area contributed by atoms with Gasteiger partial charge in [-0.05, 0) is 68.1 Å². The van der Waals surface area contributed by atoms with Gasteiger partial charge in [-0.25, -0.2) is 23.7 Å². The number of aromatic nitrogens is 3. The summed E-state index contributed by atoms with van der Waals surface area (Å²) in [5, 5.41) is 3.01. The third-order valence-electron chi connectivity index (χ3n) is 5.48. The fourth-order valence-corrected chi connectivity index (χ4v) is 3.75. The second-order valence-corrected chi connectivity index (χ2v) is 8.13. The van der Waals surface area contributed by atoms with Gasteiger partial charge in [0.15, 0.2) is 0 Å². The average molecular weight is 488 g/mol. The Bertz CT molecular complexity index is 1410. The van der Waals surface area contributed by atoms with Gasteiger partial charge in [0, 0.05) is 18.3 Å². The Hall–Kier alpha value is -3.82. The van der Waals surface area contributed by atoms with E-state index in [0.717, 1.165) is 41.7 Å². The first-order valence-electron chi connectivity index (χ1n) is 10.7. The lowest BCUT2D eigenvalue weighted by molar-refractivity contribution is -0.137. The van der Waals surface area contributed by atoms with Crippen molar-refractivity contribution < 1.29 is 26.7 Å². The molecule has 0 fully saturated rings. The Kier molecular flexibility index (Phi) is 6.56. The zero-order chi connectivity index (χ0) is 25.3. The lowest BCUT2D eigenvalue weighted by Gasteiger charge is -2.15. The first kappa shape index (κ1) is 24.3. The van der Waals surface area contributed by atoms with E-state index in [1.807, 2.05) is 13.0 Å². The number of rotatable bonds is 6. The summed E-state index contributed by atoms with van der Waals surface area (Å²) >= 11 is 0. The third-order valence-corrected chi connectivity index (χ3v) is 5.48. The molecule has 0 atom stereocenters. The summed E-state index contributed by atoms with van der Waals surface area (Å²) in [6.45, 7) is 5.47. The van der Waals surface area contributed by atoms with E-state index in [1.54, 1.807) is 13.0 Å². The van der Waals surface area contributed by atoms with Crippen LogP contribution in [0.4, 0.5) is 27.8 Å². The molecule has 5 nitrogen and oxygen atoms in total. The number of aryl methyl sites for hydroxylation is 3. The van der Waals surface area contributed by atoms with E-state index in [0.29, 0.717) is 24.3 Å². The van der Waals surface area contributed by atoms with Gasteiger partial charge >= 0.3 is 6.18 Å². The molecule has 4 rings (SSSR count). The fourth-order valence-electron chi connectivity index (χ4n) is 3.75. The Labute approximate surface area is 198 Å². The normalized spacial score (nSPS) is 11.7. The minimum absolute atomic E-state index is 0.0203. The quantitative estimate of drug-likeness (QED) is 0.306. The number of nitrogens with one attached hydrogen (secondary N) is 1. The number of hydrogen-bond acceptors (Lipinski definition) is 5. The number of ether oxygens (including phenoxy) is 1. The van der Waals surface area contributed by atoms with Crippen LogP contribution in [0.15, 0.2) is 42.7 Å². The number of pyridine rings is 1. The molecular formula is C25H21F5N4O. The number of anilines is 1. The van der Waals surface area contributed by atoms with Gasteiger partial charge in [0.05, 0.1) is 10.9 Å². The first-order valence-corrected chi connectivity index (χ1v) is 10.7. The molecule has 10 heteroatoms. The molecule has 0 saturated carbocycles. The summed E-state index contributed by atoms with van der Waals surface area (Å²) in [4.78, 5) is 11.9. The molecule has 4 aromatic rings. The highest BCUT2D eigenvalue weighted by atomic mass is 19.4. The predicted octanol–water partition coefficient (Wildman–Crippen LogP) is 6.69. The van der Waals surface area contributed by atoms with Crippen molar-refractivity contribution in [3.05, 3.63) is 82.3 Å². The molecule has 0 unspecified atom stereocenters. The van der Waals surface area contributed by atoms with E-state index in [1.165, 1.54) is 6.92 Å². The van der Waals surface area contributed by atoms with Gasteiger partial charge in [-0.1, -0.05) is 6.07 Å². The van der Waals surface area contributed by atoms with Crippen LogP contribution in [-0.2, 0) is 12.6 Å². The molecule has 2 aromatic heterocycles. The molecular weight excluding hydrogens is 467 g/mol. The van der Waals surface area contributed by atoms with Crippen molar-refractivity contribution in [2.45, 2.75) is 33.4 Å². The van der Waals surface area contributed by atoms with E-state index in [2.05, 4.69) is 20.3 Å². The van der Waals surface area contributed by atoms with Gasteiger partial charge in [-0.15, -0.1) is 0 Å². The smallest absolute Gasteiger partial charge is 0.416 e. The minimum atomic E-state index is -4.50. The summed E-state index contributed by atoms with van der Waals surface area (Å²) in [5.74, 6) is -0.827. The number of halogens is 5. The number of nitrogens with zero attached hydrogens (tertiary/aromatic N) is 3. The summed E-state index contributed by atoms with van der Waals surface area (Å²) in [5.41, 5.74) is 1.77. The number of benzene rings is 2. The Morgan fingerprint density at radius 1 is 0.914 bits per heavy atom. The van der Waals surface area contributed by atoms with Crippen LogP contribution >= 0.6 is 0 Å². The van der Waals surface area contributed by atoms with Crippen molar-refractivity contribution in [1.82, 2.24) is 15.0 Å². The van der Waals surface area contributed by atoms with Crippen LogP contribution in [0.3, 0.4) is 0 Å². The van der Waals surface area contributed by atoms with E-state index < -0.39 is 23.4 Å². The van der Waals surface area contributed by atoms with E-state index in [4.69, 9.17) is 4.74 Å². The van der Waals surface area contributed by atoms with Crippen molar-refractivity contribution >= 4 is 16.7 Å². The van der Waals surface area contributed by atoms with Gasteiger partial charge < -0.3 is 10.1 Å².